The maximum atomic E-state index is 12.0. The number of urea groups is 1. The Morgan fingerprint density at radius 1 is 1.08 bits per heavy atom. The lowest BCUT2D eigenvalue weighted by molar-refractivity contribution is -0.117. The molecule has 0 heterocycles. The number of carbonyl (C=O) groups is 2. The Hall–Kier alpha value is -2.79. The van der Waals surface area contributed by atoms with Crippen molar-refractivity contribution in [2.75, 3.05) is 5.32 Å². The molecule has 2 rings (SSSR count). The van der Waals surface area contributed by atoms with Crippen LogP contribution in [0.2, 0.25) is 5.02 Å². The molecule has 2 aromatic carbocycles. The first-order chi connectivity index (χ1) is 11.4. The number of halogens is 1. The number of amides is 3. The van der Waals surface area contributed by atoms with Crippen molar-refractivity contribution in [1.29, 1.82) is 0 Å². The minimum Gasteiger partial charge on any atom is -0.351 e. The second-order valence-corrected chi connectivity index (χ2v) is 5.66. The predicted molar refractivity (Wildman–Crippen MR) is 96.7 cm³/mol. The molecule has 0 radical (unpaired) electrons. The second kappa shape index (κ2) is 8.17. The first-order valence-electron chi connectivity index (χ1n) is 7.34. The van der Waals surface area contributed by atoms with Gasteiger partial charge < -0.3 is 16.4 Å². The minimum atomic E-state index is -0.614. The van der Waals surface area contributed by atoms with Gasteiger partial charge in [-0.1, -0.05) is 35.9 Å². The molecule has 0 aliphatic rings. The van der Waals surface area contributed by atoms with E-state index < -0.39 is 6.03 Å². The van der Waals surface area contributed by atoms with E-state index in [1.807, 2.05) is 31.2 Å². The van der Waals surface area contributed by atoms with Crippen molar-refractivity contribution in [1.82, 2.24) is 5.32 Å². The highest BCUT2D eigenvalue weighted by Gasteiger charge is 2.07. The van der Waals surface area contributed by atoms with E-state index in [0.29, 0.717) is 10.7 Å². The van der Waals surface area contributed by atoms with Crippen LogP contribution in [0, 0.1) is 0 Å². The summed E-state index contributed by atoms with van der Waals surface area (Å²) < 4.78 is 0. The van der Waals surface area contributed by atoms with Crippen molar-refractivity contribution in [3.8, 4) is 0 Å². The number of nitrogens with one attached hydrogen (secondary N) is 2. The number of anilines is 1. The number of hydrogen-bond donors (Lipinski definition) is 3. The fourth-order valence-electron chi connectivity index (χ4n) is 2.09. The summed E-state index contributed by atoms with van der Waals surface area (Å²) in [6.45, 7) is 1.88. The maximum Gasteiger partial charge on any atom is 0.316 e. The topological polar surface area (TPSA) is 84.2 Å². The second-order valence-electron chi connectivity index (χ2n) is 5.23. The molecule has 4 N–H and O–H groups in total. The standard InChI is InChI=1S/C18H18ClN3O2/c1-12(14-5-9-16(10-6-14)22-18(20)24)21-17(23)11-4-13-2-7-15(19)8-3-13/h2-12H,1H3,(H,21,23)(H3,20,22,24)/b11-4+/t12-/m0/s1. The van der Waals surface area contributed by atoms with Crippen LogP contribution >= 0.6 is 11.6 Å². The van der Waals surface area contributed by atoms with Gasteiger partial charge in [-0.25, -0.2) is 4.79 Å². The summed E-state index contributed by atoms with van der Waals surface area (Å²) in [6, 6.07) is 13.5. The van der Waals surface area contributed by atoms with E-state index >= 15 is 0 Å². The van der Waals surface area contributed by atoms with Gasteiger partial charge in [0.25, 0.3) is 0 Å². The van der Waals surface area contributed by atoms with Gasteiger partial charge in [0.15, 0.2) is 0 Å². The number of hydrogen-bond acceptors (Lipinski definition) is 2. The van der Waals surface area contributed by atoms with Crippen molar-refractivity contribution in [3.05, 3.63) is 70.8 Å². The quantitative estimate of drug-likeness (QED) is 0.723. The van der Waals surface area contributed by atoms with Gasteiger partial charge in [0, 0.05) is 16.8 Å². The zero-order valence-corrected chi connectivity index (χ0v) is 13.9. The van der Waals surface area contributed by atoms with Gasteiger partial charge in [-0.2, -0.15) is 0 Å². The van der Waals surface area contributed by atoms with Gasteiger partial charge >= 0.3 is 6.03 Å². The first-order valence-corrected chi connectivity index (χ1v) is 7.72. The minimum absolute atomic E-state index is 0.171. The summed E-state index contributed by atoms with van der Waals surface area (Å²) in [5.41, 5.74) is 7.47. The van der Waals surface area contributed by atoms with E-state index in [-0.39, 0.29) is 11.9 Å². The molecule has 124 valence electrons. The molecule has 0 aromatic heterocycles. The van der Waals surface area contributed by atoms with Crippen LogP contribution in [-0.2, 0) is 4.79 Å². The normalized spacial score (nSPS) is 11.9. The summed E-state index contributed by atoms with van der Waals surface area (Å²) in [5.74, 6) is -0.197. The lowest BCUT2D eigenvalue weighted by Gasteiger charge is -2.13. The molecule has 0 aliphatic heterocycles. The number of benzene rings is 2. The molecular weight excluding hydrogens is 326 g/mol. The SMILES string of the molecule is C[C@H](NC(=O)/C=C/c1ccc(Cl)cc1)c1ccc(NC(N)=O)cc1. The molecule has 0 spiro atoms. The van der Waals surface area contributed by atoms with Crippen LogP contribution in [-0.4, -0.2) is 11.9 Å². The summed E-state index contributed by atoms with van der Waals surface area (Å²) in [4.78, 5) is 22.8. The molecule has 3 amide bonds. The fourth-order valence-corrected chi connectivity index (χ4v) is 2.21. The largest absolute Gasteiger partial charge is 0.351 e. The molecule has 0 saturated carbocycles. The van der Waals surface area contributed by atoms with Crippen LogP contribution in [0.4, 0.5) is 10.5 Å². The Labute approximate surface area is 145 Å². The smallest absolute Gasteiger partial charge is 0.316 e. The Morgan fingerprint density at radius 3 is 2.29 bits per heavy atom. The number of primary amides is 1. The summed E-state index contributed by atoms with van der Waals surface area (Å²) in [7, 11) is 0. The lowest BCUT2D eigenvalue weighted by atomic mass is 10.1. The predicted octanol–water partition coefficient (Wildman–Crippen LogP) is 3.72. The third-order valence-electron chi connectivity index (χ3n) is 3.33. The molecule has 0 unspecified atom stereocenters. The Bertz CT molecular complexity index is 740. The molecule has 0 bridgehead atoms. The average Bonchev–Trinajstić information content (AvgIpc) is 2.54. The highest BCUT2D eigenvalue weighted by Crippen LogP contribution is 2.16. The van der Waals surface area contributed by atoms with E-state index in [1.165, 1.54) is 6.08 Å². The van der Waals surface area contributed by atoms with Crippen LogP contribution in [0.3, 0.4) is 0 Å². The van der Waals surface area contributed by atoms with E-state index in [1.54, 1.807) is 30.3 Å². The average molecular weight is 344 g/mol. The maximum absolute atomic E-state index is 12.0. The van der Waals surface area contributed by atoms with Gasteiger partial charge in [-0.3, -0.25) is 4.79 Å². The van der Waals surface area contributed by atoms with Crippen molar-refractivity contribution < 1.29 is 9.59 Å². The molecule has 0 saturated heterocycles. The molecule has 1 atom stereocenters. The number of nitrogens with two attached hydrogens (primary N) is 1. The van der Waals surface area contributed by atoms with Crippen LogP contribution < -0.4 is 16.4 Å². The Kier molecular flexibility index (Phi) is 5.98. The Balaban J connectivity index is 1.93. The highest BCUT2D eigenvalue weighted by atomic mass is 35.5. The van der Waals surface area contributed by atoms with Gasteiger partial charge in [-0.05, 0) is 48.4 Å². The first kappa shape index (κ1) is 17.6. The van der Waals surface area contributed by atoms with Crippen LogP contribution in [0.5, 0.6) is 0 Å². The van der Waals surface area contributed by atoms with E-state index in [2.05, 4.69) is 10.6 Å². The van der Waals surface area contributed by atoms with E-state index in [9.17, 15) is 9.59 Å². The monoisotopic (exact) mass is 343 g/mol. The third-order valence-corrected chi connectivity index (χ3v) is 3.59. The van der Waals surface area contributed by atoms with Gasteiger partial charge in [-0.15, -0.1) is 0 Å². The summed E-state index contributed by atoms with van der Waals surface area (Å²) in [5, 5.41) is 6.01. The fraction of sp³-hybridized carbons (Fsp3) is 0.111. The lowest BCUT2D eigenvalue weighted by Crippen LogP contribution is -2.24. The summed E-state index contributed by atoms with van der Waals surface area (Å²) in [6.07, 6.45) is 3.20. The molecule has 0 fully saturated rings. The molecule has 5 nitrogen and oxygen atoms in total. The number of rotatable bonds is 5. The van der Waals surface area contributed by atoms with Crippen molar-refractivity contribution in [3.63, 3.8) is 0 Å². The van der Waals surface area contributed by atoms with Crippen LogP contribution in [0.25, 0.3) is 6.08 Å². The molecule has 2 aromatic rings. The van der Waals surface area contributed by atoms with E-state index in [0.717, 1.165) is 11.1 Å². The van der Waals surface area contributed by atoms with Crippen LogP contribution in [0.1, 0.15) is 24.1 Å². The van der Waals surface area contributed by atoms with Crippen molar-refractivity contribution >= 4 is 35.3 Å². The van der Waals surface area contributed by atoms with Gasteiger partial charge in [0.2, 0.25) is 5.91 Å². The van der Waals surface area contributed by atoms with Gasteiger partial charge in [0.1, 0.15) is 0 Å². The van der Waals surface area contributed by atoms with Gasteiger partial charge in [0.05, 0.1) is 6.04 Å². The zero-order valence-electron chi connectivity index (χ0n) is 13.1. The number of carbonyl (C=O) groups excluding carboxylic acids is 2. The van der Waals surface area contributed by atoms with Crippen molar-refractivity contribution in [2.45, 2.75) is 13.0 Å². The highest BCUT2D eigenvalue weighted by molar-refractivity contribution is 6.30. The third kappa shape index (κ3) is 5.44. The molecular formula is C18H18ClN3O2. The summed E-state index contributed by atoms with van der Waals surface area (Å²) >= 11 is 5.82. The molecule has 24 heavy (non-hydrogen) atoms. The Morgan fingerprint density at radius 2 is 1.71 bits per heavy atom. The molecule has 6 heteroatoms. The van der Waals surface area contributed by atoms with Crippen LogP contribution in [0.15, 0.2) is 54.6 Å². The van der Waals surface area contributed by atoms with E-state index in [4.69, 9.17) is 17.3 Å². The molecule has 0 aliphatic carbocycles. The zero-order chi connectivity index (χ0) is 17.5. The van der Waals surface area contributed by atoms with Crippen molar-refractivity contribution in [2.24, 2.45) is 5.73 Å².